The van der Waals surface area contributed by atoms with Crippen LogP contribution in [-0.2, 0) is 0 Å². The van der Waals surface area contributed by atoms with Gasteiger partial charge in [0.2, 0.25) is 5.95 Å². The number of carbonyl (C=O) groups excluding carboxylic acids is 1. The topological polar surface area (TPSA) is 54.9 Å². The van der Waals surface area contributed by atoms with Crippen LogP contribution in [0.5, 0.6) is 0 Å². The molecular formula is C27H17Cl2N3O. The first-order valence-corrected chi connectivity index (χ1v) is 11.0. The van der Waals surface area contributed by atoms with E-state index in [1.54, 1.807) is 36.4 Å². The summed E-state index contributed by atoms with van der Waals surface area (Å²) in [6.45, 7) is 0. The molecule has 0 saturated heterocycles. The Balaban J connectivity index is 1.62. The lowest BCUT2D eigenvalue weighted by atomic mass is 10.0. The first-order chi connectivity index (χ1) is 16.1. The van der Waals surface area contributed by atoms with Crippen LogP contribution in [0, 0.1) is 0 Å². The van der Waals surface area contributed by atoms with Crippen LogP contribution in [0.25, 0.3) is 22.2 Å². The Morgan fingerprint density at radius 1 is 0.727 bits per heavy atom. The number of ketones is 1. The molecule has 5 rings (SSSR count). The van der Waals surface area contributed by atoms with E-state index in [9.17, 15) is 4.79 Å². The summed E-state index contributed by atoms with van der Waals surface area (Å²) in [6.07, 6.45) is 0. The number of anilines is 2. The van der Waals surface area contributed by atoms with Crippen molar-refractivity contribution in [2.24, 2.45) is 0 Å². The van der Waals surface area contributed by atoms with Gasteiger partial charge in [-0.25, -0.2) is 9.97 Å². The molecule has 0 saturated carbocycles. The SMILES string of the molecule is O=C(c1ccccc1)c1cc(Cl)ccc1Nc1nc(-c2ccccc2)c2cc(Cl)ccc2n1. The molecule has 1 N–H and O–H groups in total. The minimum absolute atomic E-state index is 0.142. The van der Waals surface area contributed by atoms with Crippen LogP contribution in [0.15, 0.2) is 97.1 Å². The third-order valence-corrected chi connectivity index (χ3v) is 5.68. The molecule has 0 amide bonds. The van der Waals surface area contributed by atoms with Crippen LogP contribution in [0.2, 0.25) is 10.0 Å². The third kappa shape index (κ3) is 4.44. The molecule has 0 aliphatic carbocycles. The fourth-order valence-corrected chi connectivity index (χ4v) is 4.00. The number of hydrogen-bond acceptors (Lipinski definition) is 4. The van der Waals surface area contributed by atoms with E-state index in [0.717, 1.165) is 22.2 Å². The average molecular weight is 470 g/mol. The minimum Gasteiger partial charge on any atom is -0.323 e. The maximum Gasteiger partial charge on any atom is 0.228 e. The van der Waals surface area contributed by atoms with E-state index in [0.29, 0.717) is 32.8 Å². The van der Waals surface area contributed by atoms with Gasteiger partial charge in [-0.3, -0.25) is 4.79 Å². The van der Waals surface area contributed by atoms with Crippen LogP contribution in [0.1, 0.15) is 15.9 Å². The zero-order chi connectivity index (χ0) is 22.8. The molecular weight excluding hydrogens is 453 g/mol. The summed E-state index contributed by atoms with van der Waals surface area (Å²) in [4.78, 5) is 22.6. The highest BCUT2D eigenvalue weighted by atomic mass is 35.5. The number of fused-ring (bicyclic) bond motifs is 1. The molecule has 0 atom stereocenters. The molecule has 0 radical (unpaired) electrons. The van der Waals surface area contributed by atoms with Crippen LogP contribution in [-0.4, -0.2) is 15.8 Å². The quantitative estimate of drug-likeness (QED) is 0.269. The Morgan fingerprint density at radius 3 is 2.15 bits per heavy atom. The van der Waals surface area contributed by atoms with Gasteiger partial charge in [0.25, 0.3) is 0 Å². The Hall–Kier alpha value is -3.73. The number of aromatic nitrogens is 2. The van der Waals surface area contributed by atoms with E-state index in [1.165, 1.54) is 0 Å². The van der Waals surface area contributed by atoms with E-state index in [-0.39, 0.29) is 5.78 Å². The monoisotopic (exact) mass is 469 g/mol. The van der Waals surface area contributed by atoms with E-state index >= 15 is 0 Å². The van der Waals surface area contributed by atoms with Crippen LogP contribution in [0.4, 0.5) is 11.6 Å². The van der Waals surface area contributed by atoms with E-state index < -0.39 is 0 Å². The second-order valence-corrected chi connectivity index (χ2v) is 8.31. The summed E-state index contributed by atoms with van der Waals surface area (Å²) in [7, 11) is 0. The van der Waals surface area contributed by atoms with Gasteiger partial charge in [-0.05, 0) is 36.4 Å². The summed E-state index contributed by atoms with van der Waals surface area (Å²) >= 11 is 12.5. The highest BCUT2D eigenvalue weighted by Gasteiger charge is 2.17. The second kappa shape index (κ2) is 9.02. The third-order valence-electron chi connectivity index (χ3n) is 5.21. The maximum absolute atomic E-state index is 13.2. The predicted molar refractivity (Wildman–Crippen MR) is 135 cm³/mol. The first kappa shape index (κ1) is 21.1. The zero-order valence-corrected chi connectivity index (χ0v) is 18.8. The lowest BCUT2D eigenvalue weighted by Crippen LogP contribution is -2.07. The van der Waals surface area contributed by atoms with Crippen molar-refractivity contribution in [1.29, 1.82) is 0 Å². The van der Waals surface area contributed by atoms with Gasteiger partial charge in [-0.15, -0.1) is 0 Å². The molecule has 0 bridgehead atoms. The van der Waals surface area contributed by atoms with Gasteiger partial charge in [-0.1, -0.05) is 83.9 Å². The smallest absolute Gasteiger partial charge is 0.228 e. The van der Waals surface area contributed by atoms with Gasteiger partial charge in [-0.2, -0.15) is 0 Å². The van der Waals surface area contributed by atoms with Crippen molar-refractivity contribution in [2.75, 3.05) is 5.32 Å². The molecule has 5 aromatic rings. The van der Waals surface area contributed by atoms with Crippen molar-refractivity contribution in [3.63, 3.8) is 0 Å². The molecule has 0 unspecified atom stereocenters. The highest BCUT2D eigenvalue weighted by molar-refractivity contribution is 6.32. The molecule has 160 valence electrons. The Bertz CT molecular complexity index is 1470. The molecule has 1 heterocycles. The van der Waals surface area contributed by atoms with Gasteiger partial charge in [0.15, 0.2) is 5.78 Å². The lowest BCUT2D eigenvalue weighted by molar-refractivity contribution is 0.103. The number of nitrogens with one attached hydrogen (secondary N) is 1. The first-order valence-electron chi connectivity index (χ1n) is 10.3. The maximum atomic E-state index is 13.2. The van der Waals surface area contributed by atoms with E-state index in [1.807, 2.05) is 60.7 Å². The Morgan fingerprint density at radius 2 is 1.39 bits per heavy atom. The second-order valence-electron chi connectivity index (χ2n) is 7.43. The molecule has 0 aliphatic rings. The van der Waals surface area contributed by atoms with Gasteiger partial charge in [0.05, 0.1) is 16.9 Å². The van der Waals surface area contributed by atoms with Crippen molar-refractivity contribution < 1.29 is 4.79 Å². The fourth-order valence-electron chi connectivity index (χ4n) is 3.65. The van der Waals surface area contributed by atoms with Crippen molar-refractivity contribution in [3.05, 3.63) is 118 Å². The Kier molecular flexibility index (Phi) is 5.78. The highest BCUT2D eigenvalue weighted by Crippen LogP contribution is 2.31. The lowest BCUT2D eigenvalue weighted by Gasteiger charge is -2.14. The number of hydrogen-bond donors (Lipinski definition) is 1. The minimum atomic E-state index is -0.142. The molecule has 4 aromatic carbocycles. The molecule has 0 aliphatic heterocycles. The van der Waals surface area contributed by atoms with Crippen molar-refractivity contribution >= 4 is 51.5 Å². The van der Waals surface area contributed by atoms with E-state index in [2.05, 4.69) is 10.3 Å². The fraction of sp³-hybridized carbons (Fsp3) is 0. The summed E-state index contributed by atoms with van der Waals surface area (Å²) in [6, 6.07) is 29.6. The molecule has 1 aromatic heterocycles. The van der Waals surface area contributed by atoms with Gasteiger partial charge < -0.3 is 5.32 Å². The van der Waals surface area contributed by atoms with Gasteiger partial charge >= 0.3 is 0 Å². The van der Waals surface area contributed by atoms with Crippen molar-refractivity contribution in [2.45, 2.75) is 0 Å². The van der Waals surface area contributed by atoms with Crippen LogP contribution >= 0.6 is 23.2 Å². The summed E-state index contributed by atoms with van der Waals surface area (Å²) < 4.78 is 0. The molecule has 4 nitrogen and oxygen atoms in total. The Labute approximate surface area is 200 Å². The standard InChI is InChI=1S/C27H17Cl2N3O/c28-19-11-13-23-21(15-19)25(17-7-3-1-4-8-17)32-27(30-23)31-24-14-12-20(29)16-22(24)26(33)18-9-5-2-6-10-18/h1-16H,(H,30,31,32). The number of carbonyl (C=O) groups is 1. The summed E-state index contributed by atoms with van der Waals surface area (Å²) in [5.41, 5.74) is 4.00. The van der Waals surface area contributed by atoms with E-state index in [4.69, 9.17) is 28.2 Å². The molecule has 0 spiro atoms. The molecule has 0 fully saturated rings. The zero-order valence-electron chi connectivity index (χ0n) is 17.3. The van der Waals surface area contributed by atoms with Crippen molar-refractivity contribution in [3.8, 4) is 11.3 Å². The molecule has 33 heavy (non-hydrogen) atoms. The van der Waals surface area contributed by atoms with Crippen LogP contribution in [0.3, 0.4) is 0 Å². The van der Waals surface area contributed by atoms with Gasteiger partial charge in [0.1, 0.15) is 0 Å². The normalized spacial score (nSPS) is 10.8. The van der Waals surface area contributed by atoms with Crippen molar-refractivity contribution in [1.82, 2.24) is 9.97 Å². The average Bonchev–Trinajstić information content (AvgIpc) is 2.85. The van der Waals surface area contributed by atoms with Gasteiger partial charge in [0, 0.05) is 32.1 Å². The summed E-state index contributed by atoms with van der Waals surface area (Å²) in [5.74, 6) is 0.226. The summed E-state index contributed by atoms with van der Waals surface area (Å²) in [5, 5.41) is 5.16. The predicted octanol–water partition coefficient (Wildman–Crippen LogP) is 7.58. The largest absolute Gasteiger partial charge is 0.323 e. The van der Waals surface area contributed by atoms with Crippen LogP contribution < -0.4 is 5.32 Å². The number of halogens is 2. The number of nitrogens with zero attached hydrogens (tertiary/aromatic N) is 2. The number of rotatable bonds is 5. The molecule has 6 heteroatoms. The number of benzene rings is 4.